The first kappa shape index (κ1) is 9.93. The number of aryl methyl sites for hydroxylation is 1. The molecule has 0 fully saturated rings. The maximum atomic E-state index is 11.0. The van der Waals surface area contributed by atoms with Crippen LogP contribution in [0, 0.1) is 6.92 Å². The van der Waals surface area contributed by atoms with Gasteiger partial charge in [-0.2, -0.15) is 0 Å². The van der Waals surface area contributed by atoms with Crippen LogP contribution >= 0.6 is 11.6 Å². The normalized spacial score (nSPS) is 10.5. The molecule has 0 spiro atoms. The topological polar surface area (TPSA) is 56.0 Å². The fraction of sp³-hybridized carbons (Fsp3) is 0.0909. The number of carbonyl (C=O) groups excluding carboxylic acids is 1. The largest absolute Gasteiger partial charge is 0.366 e. The number of rotatable bonds is 1. The highest BCUT2D eigenvalue weighted by molar-refractivity contribution is 6.35. The Morgan fingerprint density at radius 1 is 1.47 bits per heavy atom. The van der Waals surface area contributed by atoms with Crippen molar-refractivity contribution in [2.45, 2.75) is 6.92 Å². The summed E-state index contributed by atoms with van der Waals surface area (Å²) in [7, 11) is 0. The van der Waals surface area contributed by atoms with Gasteiger partial charge in [-0.3, -0.25) is 9.78 Å². The van der Waals surface area contributed by atoms with Crippen LogP contribution in [0.5, 0.6) is 0 Å². The zero-order valence-corrected chi connectivity index (χ0v) is 8.88. The maximum Gasteiger partial charge on any atom is 0.250 e. The van der Waals surface area contributed by atoms with Gasteiger partial charge in [-0.05, 0) is 24.6 Å². The quantitative estimate of drug-likeness (QED) is 0.802. The number of halogens is 1. The lowest BCUT2D eigenvalue weighted by Crippen LogP contribution is -2.11. The zero-order valence-electron chi connectivity index (χ0n) is 8.12. The number of nitrogens with two attached hydrogens (primary N) is 1. The van der Waals surface area contributed by atoms with Crippen LogP contribution in [0.2, 0.25) is 5.02 Å². The standard InChI is InChI=1S/C11H9ClN2O/c1-6-2-3-9(12)8-4-7(11(13)15)5-14-10(6)8/h2-5H,1H3,(H2,13,15). The van der Waals surface area contributed by atoms with Crippen molar-refractivity contribution in [3.8, 4) is 0 Å². The number of amides is 1. The Morgan fingerprint density at radius 2 is 2.20 bits per heavy atom. The average Bonchev–Trinajstić information content (AvgIpc) is 2.23. The van der Waals surface area contributed by atoms with Gasteiger partial charge in [0, 0.05) is 11.6 Å². The molecule has 0 unspecified atom stereocenters. The van der Waals surface area contributed by atoms with Crippen LogP contribution in [0.4, 0.5) is 0 Å². The van der Waals surface area contributed by atoms with E-state index in [9.17, 15) is 4.79 Å². The molecule has 2 N–H and O–H groups in total. The van der Waals surface area contributed by atoms with Crippen molar-refractivity contribution < 1.29 is 4.79 Å². The van der Waals surface area contributed by atoms with Gasteiger partial charge in [-0.1, -0.05) is 17.7 Å². The number of benzene rings is 1. The minimum absolute atomic E-state index is 0.370. The van der Waals surface area contributed by atoms with Crippen molar-refractivity contribution in [1.29, 1.82) is 0 Å². The van der Waals surface area contributed by atoms with Crippen LogP contribution in [-0.2, 0) is 0 Å². The number of hydrogen-bond donors (Lipinski definition) is 1. The van der Waals surface area contributed by atoms with Crippen LogP contribution in [0.3, 0.4) is 0 Å². The van der Waals surface area contributed by atoms with Crippen LogP contribution in [0.1, 0.15) is 15.9 Å². The van der Waals surface area contributed by atoms with Crippen molar-refractivity contribution in [2.24, 2.45) is 5.73 Å². The van der Waals surface area contributed by atoms with E-state index in [1.54, 1.807) is 12.1 Å². The van der Waals surface area contributed by atoms with E-state index in [0.717, 1.165) is 16.5 Å². The molecule has 0 aliphatic rings. The van der Waals surface area contributed by atoms with Gasteiger partial charge < -0.3 is 5.73 Å². The van der Waals surface area contributed by atoms with Gasteiger partial charge in [-0.15, -0.1) is 0 Å². The Bertz CT molecular complexity index is 552. The molecule has 0 atom stereocenters. The molecule has 0 aliphatic heterocycles. The zero-order chi connectivity index (χ0) is 11.0. The number of hydrogen-bond acceptors (Lipinski definition) is 2. The Morgan fingerprint density at radius 3 is 2.87 bits per heavy atom. The molecule has 1 aromatic carbocycles. The van der Waals surface area contributed by atoms with Crippen LogP contribution < -0.4 is 5.73 Å². The number of primary amides is 1. The van der Waals surface area contributed by atoms with E-state index < -0.39 is 5.91 Å². The third-order valence-electron chi connectivity index (χ3n) is 2.28. The van der Waals surface area contributed by atoms with E-state index in [0.29, 0.717) is 10.6 Å². The number of carbonyl (C=O) groups is 1. The van der Waals surface area contributed by atoms with E-state index in [1.165, 1.54) is 6.20 Å². The van der Waals surface area contributed by atoms with Gasteiger partial charge in [0.05, 0.1) is 16.1 Å². The van der Waals surface area contributed by atoms with E-state index >= 15 is 0 Å². The predicted molar refractivity (Wildman–Crippen MR) is 60.0 cm³/mol. The SMILES string of the molecule is Cc1ccc(Cl)c2cc(C(N)=O)cnc12. The second kappa shape index (κ2) is 3.51. The van der Waals surface area contributed by atoms with E-state index in [4.69, 9.17) is 17.3 Å². The van der Waals surface area contributed by atoms with Crippen molar-refractivity contribution in [3.63, 3.8) is 0 Å². The minimum atomic E-state index is -0.498. The Labute approximate surface area is 91.9 Å². The van der Waals surface area contributed by atoms with Gasteiger partial charge in [-0.25, -0.2) is 0 Å². The fourth-order valence-corrected chi connectivity index (χ4v) is 1.67. The number of fused-ring (bicyclic) bond motifs is 1. The Kier molecular flexibility index (Phi) is 2.32. The summed E-state index contributed by atoms with van der Waals surface area (Å²) in [6.07, 6.45) is 1.47. The highest BCUT2D eigenvalue weighted by Crippen LogP contribution is 2.25. The van der Waals surface area contributed by atoms with Crippen LogP contribution in [0.25, 0.3) is 10.9 Å². The molecule has 3 nitrogen and oxygen atoms in total. The molecule has 2 aromatic rings. The second-order valence-electron chi connectivity index (χ2n) is 3.35. The molecule has 1 amide bonds. The molecule has 76 valence electrons. The average molecular weight is 221 g/mol. The first-order chi connectivity index (χ1) is 7.09. The lowest BCUT2D eigenvalue weighted by atomic mass is 10.1. The first-order valence-corrected chi connectivity index (χ1v) is 4.82. The molecule has 0 bridgehead atoms. The van der Waals surface area contributed by atoms with Crippen LogP contribution in [0.15, 0.2) is 24.4 Å². The number of aromatic nitrogens is 1. The minimum Gasteiger partial charge on any atom is -0.366 e. The van der Waals surface area contributed by atoms with E-state index in [2.05, 4.69) is 4.98 Å². The van der Waals surface area contributed by atoms with Gasteiger partial charge in [0.2, 0.25) is 5.91 Å². The van der Waals surface area contributed by atoms with Crippen molar-refractivity contribution in [2.75, 3.05) is 0 Å². The summed E-state index contributed by atoms with van der Waals surface area (Å²) in [5.41, 5.74) is 7.36. The molecule has 2 rings (SSSR count). The number of nitrogens with zero attached hydrogens (tertiary/aromatic N) is 1. The maximum absolute atomic E-state index is 11.0. The van der Waals surface area contributed by atoms with Gasteiger partial charge in [0.15, 0.2) is 0 Å². The molecule has 1 heterocycles. The van der Waals surface area contributed by atoms with E-state index in [1.807, 2.05) is 13.0 Å². The van der Waals surface area contributed by atoms with E-state index in [-0.39, 0.29) is 0 Å². The summed E-state index contributed by atoms with van der Waals surface area (Å²) in [4.78, 5) is 15.2. The molecule has 0 aliphatic carbocycles. The highest BCUT2D eigenvalue weighted by Gasteiger charge is 2.07. The number of pyridine rings is 1. The predicted octanol–water partition coefficient (Wildman–Crippen LogP) is 2.30. The molecular formula is C11H9ClN2O. The van der Waals surface area contributed by atoms with Crippen LogP contribution in [-0.4, -0.2) is 10.9 Å². The molecule has 15 heavy (non-hydrogen) atoms. The third kappa shape index (κ3) is 1.66. The Hall–Kier alpha value is -1.61. The molecule has 1 aromatic heterocycles. The molecule has 4 heteroatoms. The van der Waals surface area contributed by atoms with Gasteiger partial charge >= 0.3 is 0 Å². The van der Waals surface area contributed by atoms with Crippen molar-refractivity contribution in [3.05, 3.63) is 40.5 Å². The third-order valence-corrected chi connectivity index (χ3v) is 2.61. The van der Waals surface area contributed by atoms with Gasteiger partial charge in [0.25, 0.3) is 0 Å². The van der Waals surface area contributed by atoms with Gasteiger partial charge in [0.1, 0.15) is 0 Å². The smallest absolute Gasteiger partial charge is 0.250 e. The lowest BCUT2D eigenvalue weighted by Gasteiger charge is -2.04. The fourth-order valence-electron chi connectivity index (χ4n) is 1.46. The highest BCUT2D eigenvalue weighted by atomic mass is 35.5. The molecule has 0 radical (unpaired) electrons. The van der Waals surface area contributed by atoms with Crippen molar-refractivity contribution >= 4 is 28.4 Å². The summed E-state index contributed by atoms with van der Waals surface area (Å²) in [5.74, 6) is -0.498. The summed E-state index contributed by atoms with van der Waals surface area (Å²) in [6, 6.07) is 5.34. The summed E-state index contributed by atoms with van der Waals surface area (Å²) in [6.45, 7) is 1.94. The Balaban J connectivity index is 2.81. The molecule has 0 saturated heterocycles. The monoisotopic (exact) mass is 220 g/mol. The molecular weight excluding hydrogens is 212 g/mol. The first-order valence-electron chi connectivity index (χ1n) is 4.44. The summed E-state index contributed by atoms with van der Waals surface area (Å²) < 4.78 is 0. The summed E-state index contributed by atoms with van der Waals surface area (Å²) in [5, 5.41) is 1.33. The van der Waals surface area contributed by atoms with Crippen molar-refractivity contribution in [1.82, 2.24) is 4.98 Å². The molecule has 0 saturated carbocycles. The summed E-state index contributed by atoms with van der Waals surface area (Å²) >= 11 is 6.01. The second-order valence-corrected chi connectivity index (χ2v) is 3.76. The lowest BCUT2D eigenvalue weighted by molar-refractivity contribution is 0.1000.